The smallest absolute Gasteiger partial charge is 0.351 e. The fourth-order valence-electron chi connectivity index (χ4n) is 2.88. The number of hydrogen-bond donors (Lipinski definition) is 0. The molecule has 0 aliphatic rings. The Morgan fingerprint density at radius 3 is 2.21 bits per heavy atom. The minimum Gasteiger partial charge on any atom is -0.497 e. The first-order chi connectivity index (χ1) is 13.6. The van der Waals surface area contributed by atoms with Crippen LogP contribution in [0, 0.1) is 0 Å². The van der Waals surface area contributed by atoms with Crippen molar-refractivity contribution >= 4 is 16.9 Å². The number of esters is 1. The van der Waals surface area contributed by atoms with Crippen LogP contribution in [0.3, 0.4) is 0 Å². The minimum absolute atomic E-state index is 0.173. The van der Waals surface area contributed by atoms with E-state index < -0.39 is 11.6 Å². The van der Waals surface area contributed by atoms with Gasteiger partial charge in [0.05, 0.1) is 7.11 Å². The van der Waals surface area contributed by atoms with Crippen molar-refractivity contribution in [2.75, 3.05) is 7.11 Å². The molecule has 0 saturated carbocycles. The number of benzene rings is 3. The quantitative estimate of drug-likeness (QED) is 0.295. The average molecular weight is 372 g/mol. The SMILES string of the molecule is COc1ccc2oc(=O)c(C(=O)Oc3ccc(-c4ccccc4)cc3)cc2c1. The van der Waals surface area contributed by atoms with Crippen LogP contribution in [0.1, 0.15) is 10.4 Å². The van der Waals surface area contributed by atoms with Gasteiger partial charge in [0.1, 0.15) is 22.6 Å². The van der Waals surface area contributed by atoms with Gasteiger partial charge in [0, 0.05) is 5.39 Å². The number of hydrogen-bond acceptors (Lipinski definition) is 5. The summed E-state index contributed by atoms with van der Waals surface area (Å²) in [5, 5.41) is 0.574. The number of fused-ring (bicyclic) bond motifs is 1. The second kappa shape index (κ2) is 7.40. The van der Waals surface area contributed by atoms with Gasteiger partial charge >= 0.3 is 11.6 Å². The molecule has 138 valence electrons. The van der Waals surface area contributed by atoms with Crippen molar-refractivity contribution in [2.45, 2.75) is 0 Å². The first kappa shape index (κ1) is 17.5. The van der Waals surface area contributed by atoms with Gasteiger partial charge in [-0.1, -0.05) is 42.5 Å². The van der Waals surface area contributed by atoms with Gasteiger partial charge in [-0.2, -0.15) is 0 Å². The molecule has 0 spiro atoms. The van der Waals surface area contributed by atoms with Crippen molar-refractivity contribution in [3.8, 4) is 22.6 Å². The Morgan fingerprint density at radius 1 is 0.821 bits per heavy atom. The lowest BCUT2D eigenvalue weighted by atomic mass is 10.1. The number of methoxy groups -OCH3 is 1. The molecule has 0 N–H and O–H groups in total. The normalized spacial score (nSPS) is 10.6. The van der Waals surface area contributed by atoms with Crippen molar-refractivity contribution in [1.82, 2.24) is 0 Å². The highest BCUT2D eigenvalue weighted by Crippen LogP contribution is 2.23. The summed E-state index contributed by atoms with van der Waals surface area (Å²) in [5.41, 5.74) is 1.51. The second-order valence-electron chi connectivity index (χ2n) is 6.13. The van der Waals surface area contributed by atoms with Crippen LogP contribution in [0.25, 0.3) is 22.1 Å². The molecule has 28 heavy (non-hydrogen) atoms. The summed E-state index contributed by atoms with van der Waals surface area (Å²) in [7, 11) is 1.54. The molecule has 5 heteroatoms. The van der Waals surface area contributed by atoms with E-state index >= 15 is 0 Å². The van der Waals surface area contributed by atoms with E-state index in [2.05, 4.69) is 0 Å². The fourth-order valence-corrected chi connectivity index (χ4v) is 2.88. The topological polar surface area (TPSA) is 65.7 Å². The molecular formula is C23H16O5. The summed E-state index contributed by atoms with van der Waals surface area (Å²) < 4.78 is 15.7. The van der Waals surface area contributed by atoms with Gasteiger partial charge in [-0.3, -0.25) is 0 Å². The van der Waals surface area contributed by atoms with Crippen LogP contribution in [0.2, 0.25) is 0 Å². The van der Waals surface area contributed by atoms with Crippen LogP contribution in [-0.4, -0.2) is 13.1 Å². The number of rotatable bonds is 4. The van der Waals surface area contributed by atoms with Gasteiger partial charge in [0.25, 0.3) is 0 Å². The third-order valence-electron chi connectivity index (χ3n) is 4.33. The molecule has 3 aromatic carbocycles. The van der Waals surface area contributed by atoms with E-state index in [1.165, 1.54) is 13.2 Å². The van der Waals surface area contributed by atoms with Crippen molar-refractivity contribution in [3.63, 3.8) is 0 Å². The zero-order valence-electron chi connectivity index (χ0n) is 15.0. The van der Waals surface area contributed by atoms with Gasteiger partial charge < -0.3 is 13.9 Å². The highest BCUT2D eigenvalue weighted by molar-refractivity contribution is 5.94. The van der Waals surface area contributed by atoms with Crippen LogP contribution in [0.4, 0.5) is 0 Å². The van der Waals surface area contributed by atoms with Crippen molar-refractivity contribution in [2.24, 2.45) is 0 Å². The maximum absolute atomic E-state index is 12.5. The average Bonchev–Trinajstić information content (AvgIpc) is 2.74. The summed E-state index contributed by atoms with van der Waals surface area (Å²) in [6.07, 6.45) is 0. The molecule has 0 aliphatic heterocycles. The molecule has 1 heterocycles. The predicted molar refractivity (Wildman–Crippen MR) is 106 cm³/mol. The highest BCUT2D eigenvalue weighted by Gasteiger charge is 2.16. The van der Waals surface area contributed by atoms with Gasteiger partial charge in [-0.15, -0.1) is 0 Å². The van der Waals surface area contributed by atoms with Gasteiger partial charge in [0.2, 0.25) is 0 Å². The largest absolute Gasteiger partial charge is 0.497 e. The van der Waals surface area contributed by atoms with Gasteiger partial charge in [-0.05, 0) is 47.5 Å². The maximum Gasteiger partial charge on any atom is 0.351 e. The highest BCUT2D eigenvalue weighted by atomic mass is 16.5. The van der Waals surface area contributed by atoms with E-state index in [1.807, 2.05) is 42.5 Å². The molecule has 0 fully saturated rings. The molecule has 0 amide bonds. The van der Waals surface area contributed by atoms with E-state index in [0.29, 0.717) is 22.5 Å². The zero-order valence-corrected chi connectivity index (χ0v) is 15.0. The van der Waals surface area contributed by atoms with Gasteiger partial charge in [0.15, 0.2) is 0 Å². The fraction of sp³-hybridized carbons (Fsp3) is 0.0435. The second-order valence-corrected chi connectivity index (χ2v) is 6.13. The van der Waals surface area contributed by atoms with E-state index in [4.69, 9.17) is 13.9 Å². The molecule has 4 rings (SSSR count). The van der Waals surface area contributed by atoms with E-state index in [9.17, 15) is 9.59 Å². The van der Waals surface area contributed by atoms with Crippen molar-refractivity contribution < 1.29 is 18.7 Å². The predicted octanol–water partition coefficient (Wildman–Crippen LogP) is 4.69. The molecule has 0 unspecified atom stereocenters. The Labute approximate surface area is 160 Å². The van der Waals surface area contributed by atoms with E-state index in [0.717, 1.165) is 11.1 Å². The summed E-state index contributed by atoms with van der Waals surface area (Å²) in [6, 6.07) is 23.4. The third kappa shape index (κ3) is 3.50. The van der Waals surface area contributed by atoms with Crippen molar-refractivity contribution in [1.29, 1.82) is 0 Å². The molecule has 5 nitrogen and oxygen atoms in total. The minimum atomic E-state index is -0.772. The number of ether oxygens (including phenoxy) is 2. The van der Waals surface area contributed by atoms with Crippen LogP contribution in [0.5, 0.6) is 11.5 Å². The monoisotopic (exact) mass is 372 g/mol. The maximum atomic E-state index is 12.5. The number of carbonyl (C=O) groups is 1. The van der Waals surface area contributed by atoms with E-state index in [-0.39, 0.29) is 5.56 Å². The Bertz CT molecular complexity index is 1190. The molecular weight excluding hydrogens is 356 g/mol. The van der Waals surface area contributed by atoms with Crippen molar-refractivity contribution in [3.05, 3.63) is 94.8 Å². The Balaban J connectivity index is 1.59. The lowest BCUT2D eigenvalue weighted by Crippen LogP contribution is -2.18. The lowest BCUT2D eigenvalue weighted by molar-refractivity contribution is 0.0730. The first-order valence-electron chi connectivity index (χ1n) is 8.63. The van der Waals surface area contributed by atoms with Crippen LogP contribution >= 0.6 is 0 Å². The van der Waals surface area contributed by atoms with Crippen LogP contribution < -0.4 is 15.1 Å². The molecule has 0 bridgehead atoms. The summed E-state index contributed by atoms with van der Waals surface area (Å²) in [4.78, 5) is 24.6. The zero-order chi connectivity index (χ0) is 19.5. The van der Waals surface area contributed by atoms with Crippen LogP contribution in [-0.2, 0) is 0 Å². The Kier molecular flexibility index (Phi) is 4.64. The number of carbonyl (C=O) groups excluding carboxylic acids is 1. The summed E-state index contributed by atoms with van der Waals surface area (Å²) >= 11 is 0. The van der Waals surface area contributed by atoms with Gasteiger partial charge in [-0.25, -0.2) is 9.59 Å². The molecule has 0 atom stereocenters. The molecule has 0 saturated heterocycles. The Morgan fingerprint density at radius 2 is 1.50 bits per heavy atom. The molecule has 1 aromatic heterocycles. The first-order valence-corrected chi connectivity index (χ1v) is 8.63. The molecule has 0 radical (unpaired) electrons. The summed E-state index contributed by atoms with van der Waals surface area (Å²) in [5.74, 6) is 0.165. The third-order valence-corrected chi connectivity index (χ3v) is 4.33. The molecule has 4 aromatic rings. The van der Waals surface area contributed by atoms with Crippen LogP contribution in [0.15, 0.2) is 88.1 Å². The summed E-state index contributed by atoms with van der Waals surface area (Å²) in [6.45, 7) is 0. The molecule has 0 aliphatic carbocycles. The Hall–Kier alpha value is -3.86. The standard InChI is InChI=1S/C23H16O5/c1-26-19-11-12-21-17(13-19)14-20(23(25)28-21)22(24)27-18-9-7-16(8-10-18)15-5-3-2-4-6-15/h2-14H,1H3. The lowest BCUT2D eigenvalue weighted by Gasteiger charge is -2.07. The van der Waals surface area contributed by atoms with E-state index in [1.54, 1.807) is 30.3 Å².